The van der Waals surface area contributed by atoms with Crippen LogP contribution < -0.4 is 4.72 Å². The first-order valence-electron chi connectivity index (χ1n) is 7.78. The van der Waals surface area contributed by atoms with Gasteiger partial charge in [-0.2, -0.15) is 0 Å². The monoisotopic (exact) mass is 413 g/mol. The van der Waals surface area contributed by atoms with E-state index in [1.165, 1.54) is 32.3 Å². The third-order valence-corrected chi connectivity index (χ3v) is 5.89. The van der Waals surface area contributed by atoms with E-state index in [1.807, 2.05) is 4.72 Å². The van der Waals surface area contributed by atoms with Crippen molar-refractivity contribution in [3.8, 4) is 0 Å². The number of carbonyl (C=O) groups excluding carboxylic acids is 1. The number of rotatable bonds is 5. The maximum absolute atomic E-state index is 14.8. The molecule has 0 saturated heterocycles. The largest absolute Gasteiger partial charge is 0.345 e. The van der Waals surface area contributed by atoms with Crippen molar-refractivity contribution in [1.29, 1.82) is 0 Å². The van der Waals surface area contributed by atoms with E-state index < -0.39 is 43.9 Å². The van der Waals surface area contributed by atoms with Crippen molar-refractivity contribution in [1.82, 2.24) is 9.97 Å². The van der Waals surface area contributed by atoms with Crippen molar-refractivity contribution in [3.63, 3.8) is 0 Å². The third kappa shape index (κ3) is 3.52. The van der Waals surface area contributed by atoms with Crippen LogP contribution in [0.2, 0.25) is 5.02 Å². The lowest BCUT2D eigenvalue weighted by Crippen LogP contribution is -2.23. The molecule has 0 saturated carbocycles. The van der Waals surface area contributed by atoms with Crippen LogP contribution >= 0.6 is 11.6 Å². The standard InChI is InChI=1S/C17H14ClF2N3O3S/c1-8(2)27(25,26)23-13-4-3-12(19)14(15(13)20)16(24)11-7-22-17-10(11)5-9(18)6-21-17/h3-8,23H,1-2H3,(H,21,22). The van der Waals surface area contributed by atoms with Crippen LogP contribution in [0.5, 0.6) is 0 Å². The van der Waals surface area contributed by atoms with Gasteiger partial charge in [0, 0.05) is 23.3 Å². The minimum atomic E-state index is -3.88. The Morgan fingerprint density at radius 2 is 2.00 bits per heavy atom. The number of anilines is 1. The molecule has 142 valence electrons. The zero-order valence-electron chi connectivity index (χ0n) is 14.2. The Kier molecular flexibility index (Phi) is 4.92. The molecule has 10 heteroatoms. The summed E-state index contributed by atoms with van der Waals surface area (Å²) in [5, 5.41) is -0.307. The lowest BCUT2D eigenvalue weighted by molar-refractivity contribution is 0.103. The lowest BCUT2D eigenvalue weighted by Gasteiger charge is -2.13. The molecule has 0 aliphatic rings. The smallest absolute Gasteiger partial charge is 0.235 e. The van der Waals surface area contributed by atoms with Crippen LogP contribution in [0.4, 0.5) is 14.5 Å². The molecule has 0 atom stereocenters. The Hall–Kier alpha value is -2.52. The second-order valence-electron chi connectivity index (χ2n) is 6.06. The molecule has 0 bridgehead atoms. The molecule has 2 aromatic heterocycles. The molecule has 1 aromatic carbocycles. The molecule has 2 N–H and O–H groups in total. The average molecular weight is 414 g/mol. The minimum Gasteiger partial charge on any atom is -0.345 e. The van der Waals surface area contributed by atoms with Gasteiger partial charge in [-0.15, -0.1) is 0 Å². The average Bonchev–Trinajstić information content (AvgIpc) is 3.00. The van der Waals surface area contributed by atoms with Crippen LogP contribution in [-0.2, 0) is 10.0 Å². The highest BCUT2D eigenvalue weighted by molar-refractivity contribution is 7.93. The quantitative estimate of drug-likeness (QED) is 0.621. The number of hydrogen-bond donors (Lipinski definition) is 2. The van der Waals surface area contributed by atoms with E-state index in [4.69, 9.17) is 11.6 Å². The Labute approximate surface area is 158 Å². The molecular formula is C17H14ClF2N3O3S. The predicted molar refractivity (Wildman–Crippen MR) is 98.6 cm³/mol. The number of nitrogens with one attached hydrogen (secondary N) is 2. The summed E-state index contributed by atoms with van der Waals surface area (Å²) in [6, 6.07) is 3.19. The molecule has 0 aliphatic carbocycles. The van der Waals surface area contributed by atoms with Gasteiger partial charge in [0.2, 0.25) is 15.8 Å². The van der Waals surface area contributed by atoms with E-state index in [2.05, 4.69) is 9.97 Å². The van der Waals surface area contributed by atoms with Gasteiger partial charge in [-0.25, -0.2) is 22.2 Å². The molecule has 2 heterocycles. The number of H-pyrrole nitrogens is 1. The summed E-state index contributed by atoms with van der Waals surface area (Å²) in [6.07, 6.45) is 2.62. The predicted octanol–water partition coefficient (Wildman–Crippen LogP) is 3.88. The number of hydrogen-bond acceptors (Lipinski definition) is 4. The first-order valence-corrected chi connectivity index (χ1v) is 9.71. The second-order valence-corrected chi connectivity index (χ2v) is 8.73. The number of ketones is 1. The molecule has 0 spiro atoms. The number of sulfonamides is 1. The summed E-state index contributed by atoms with van der Waals surface area (Å²) in [6.45, 7) is 2.80. The Morgan fingerprint density at radius 1 is 1.30 bits per heavy atom. The molecule has 0 aliphatic heterocycles. The fourth-order valence-corrected chi connectivity index (χ4v) is 3.27. The normalized spacial score (nSPS) is 11.9. The lowest BCUT2D eigenvalue weighted by atomic mass is 10.0. The zero-order valence-corrected chi connectivity index (χ0v) is 15.8. The van der Waals surface area contributed by atoms with Gasteiger partial charge in [-0.1, -0.05) is 11.6 Å². The fraction of sp³-hybridized carbons (Fsp3) is 0.176. The van der Waals surface area contributed by atoms with Crippen LogP contribution in [-0.4, -0.2) is 29.4 Å². The minimum absolute atomic E-state index is 0.0401. The summed E-state index contributed by atoms with van der Waals surface area (Å²) in [4.78, 5) is 19.5. The first kappa shape index (κ1) is 19.2. The van der Waals surface area contributed by atoms with Crippen molar-refractivity contribution in [2.45, 2.75) is 19.1 Å². The van der Waals surface area contributed by atoms with Gasteiger partial charge in [0.15, 0.2) is 5.82 Å². The Bertz CT molecular complexity index is 1160. The zero-order chi connectivity index (χ0) is 19.9. The van der Waals surface area contributed by atoms with E-state index in [0.29, 0.717) is 11.0 Å². The highest BCUT2D eigenvalue weighted by atomic mass is 35.5. The summed E-state index contributed by atoms with van der Waals surface area (Å²) in [5.74, 6) is -3.38. The van der Waals surface area contributed by atoms with Crippen LogP contribution in [0.15, 0.2) is 30.6 Å². The summed E-state index contributed by atoms with van der Waals surface area (Å²) in [5.41, 5.74) is -1.11. The van der Waals surface area contributed by atoms with Crippen molar-refractivity contribution < 1.29 is 22.0 Å². The topological polar surface area (TPSA) is 91.9 Å². The van der Waals surface area contributed by atoms with Gasteiger partial charge >= 0.3 is 0 Å². The van der Waals surface area contributed by atoms with Gasteiger partial charge in [-0.05, 0) is 32.0 Å². The Balaban J connectivity index is 2.12. The van der Waals surface area contributed by atoms with E-state index >= 15 is 0 Å². The molecule has 3 rings (SSSR count). The van der Waals surface area contributed by atoms with Crippen LogP contribution in [0.1, 0.15) is 29.8 Å². The number of aromatic nitrogens is 2. The third-order valence-electron chi connectivity index (χ3n) is 3.93. The highest BCUT2D eigenvalue weighted by Crippen LogP contribution is 2.28. The first-order chi connectivity index (χ1) is 12.6. The number of pyridine rings is 1. The molecular weight excluding hydrogens is 400 g/mol. The second kappa shape index (κ2) is 6.90. The van der Waals surface area contributed by atoms with E-state index in [-0.39, 0.29) is 10.6 Å². The van der Waals surface area contributed by atoms with Gasteiger partial charge in [0.05, 0.1) is 21.5 Å². The highest BCUT2D eigenvalue weighted by Gasteiger charge is 2.26. The van der Waals surface area contributed by atoms with Crippen molar-refractivity contribution in [3.05, 3.63) is 58.4 Å². The fourth-order valence-electron chi connectivity index (χ4n) is 2.41. The number of halogens is 3. The number of nitrogens with zero attached hydrogens (tertiary/aromatic N) is 1. The van der Waals surface area contributed by atoms with Crippen LogP contribution in [0.3, 0.4) is 0 Å². The van der Waals surface area contributed by atoms with Crippen molar-refractivity contribution in [2.75, 3.05) is 4.72 Å². The molecule has 27 heavy (non-hydrogen) atoms. The number of aromatic amines is 1. The summed E-state index contributed by atoms with van der Waals surface area (Å²) >= 11 is 5.88. The van der Waals surface area contributed by atoms with Crippen molar-refractivity contribution >= 4 is 44.1 Å². The molecule has 0 radical (unpaired) electrons. The summed E-state index contributed by atoms with van der Waals surface area (Å²) in [7, 11) is -3.88. The number of fused-ring (bicyclic) bond motifs is 1. The molecule has 3 aromatic rings. The van der Waals surface area contributed by atoms with Gasteiger partial charge in [0.1, 0.15) is 11.5 Å². The molecule has 6 nitrogen and oxygen atoms in total. The van der Waals surface area contributed by atoms with Crippen molar-refractivity contribution in [2.24, 2.45) is 0 Å². The molecule has 0 unspecified atom stereocenters. The molecule has 0 fully saturated rings. The van der Waals surface area contributed by atoms with E-state index in [1.54, 1.807) is 0 Å². The van der Waals surface area contributed by atoms with Crippen LogP contribution in [0.25, 0.3) is 11.0 Å². The summed E-state index contributed by atoms with van der Waals surface area (Å²) < 4.78 is 55.0. The van der Waals surface area contributed by atoms with E-state index in [0.717, 1.165) is 12.1 Å². The van der Waals surface area contributed by atoms with Crippen LogP contribution in [0, 0.1) is 11.6 Å². The van der Waals surface area contributed by atoms with Gasteiger partial charge < -0.3 is 4.98 Å². The maximum atomic E-state index is 14.8. The SMILES string of the molecule is CC(C)S(=O)(=O)Nc1ccc(F)c(C(=O)c2c[nH]c3ncc(Cl)cc23)c1F. The number of carbonyl (C=O) groups is 1. The van der Waals surface area contributed by atoms with Gasteiger partial charge in [-0.3, -0.25) is 9.52 Å². The Morgan fingerprint density at radius 3 is 2.67 bits per heavy atom. The number of benzene rings is 1. The maximum Gasteiger partial charge on any atom is 0.235 e. The van der Waals surface area contributed by atoms with Gasteiger partial charge in [0.25, 0.3) is 0 Å². The molecule has 0 amide bonds. The van der Waals surface area contributed by atoms with E-state index in [9.17, 15) is 22.0 Å².